The van der Waals surface area contributed by atoms with Crippen molar-refractivity contribution in [2.45, 2.75) is 0 Å². The minimum atomic E-state index is -0.0249. The molecule has 0 aliphatic rings. The van der Waals surface area contributed by atoms with Crippen molar-refractivity contribution in [1.82, 2.24) is 4.98 Å². The van der Waals surface area contributed by atoms with E-state index in [1.165, 1.54) is 0 Å². The number of pyridine rings is 1. The number of hydrogen-bond donors (Lipinski definition) is 1. The average molecular weight is 185 g/mol. The molecule has 2 rings (SSSR count). The van der Waals surface area contributed by atoms with Gasteiger partial charge in [0, 0.05) is 49.3 Å². The van der Waals surface area contributed by atoms with Gasteiger partial charge in [0.05, 0.1) is 0 Å². The van der Waals surface area contributed by atoms with Gasteiger partial charge in [-0.25, -0.2) is 0 Å². The van der Waals surface area contributed by atoms with Gasteiger partial charge in [-0.05, 0) is 17.5 Å². The molecular formula is C9H7ArNO. The third-order valence-electron chi connectivity index (χ3n) is 1.68. The van der Waals surface area contributed by atoms with Crippen LogP contribution in [0.4, 0.5) is 0 Å². The van der Waals surface area contributed by atoms with Gasteiger partial charge in [-0.1, -0.05) is 18.2 Å². The predicted molar refractivity (Wildman–Crippen MR) is 44.6 cm³/mol. The first-order valence-electron chi connectivity index (χ1n) is 3.44. The van der Waals surface area contributed by atoms with E-state index in [1.807, 2.05) is 30.3 Å². The molecule has 0 bridgehead atoms. The van der Waals surface area contributed by atoms with E-state index in [4.69, 9.17) is 0 Å². The van der Waals surface area contributed by atoms with E-state index in [9.17, 15) is 4.79 Å². The Hall–Kier alpha value is -0.310. The third-order valence-corrected chi connectivity index (χ3v) is 1.68. The van der Waals surface area contributed by atoms with Crippen LogP contribution in [-0.4, -0.2) is 4.98 Å². The zero-order valence-electron chi connectivity index (χ0n) is 6.23. The Kier molecular flexibility index (Phi) is 3.32. The fourth-order valence-corrected chi connectivity index (χ4v) is 1.13. The van der Waals surface area contributed by atoms with Crippen molar-refractivity contribution in [3.8, 4) is 0 Å². The molecule has 2 aromatic rings. The molecule has 0 radical (unpaired) electrons. The maximum absolute atomic E-state index is 11.1. The molecule has 0 saturated heterocycles. The summed E-state index contributed by atoms with van der Waals surface area (Å²) in [6.07, 6.45) is 1.66. The van der Waals surface area contributed by atoms with E-state index in [0.29, 0.717) is 0 Å². The minimum Gasteiger partial charge on any atom is -0.329 e. The Labute approximate surface area is 99.6 Å². The maximum Gasteiger partial charge on any atom is 0.255 e. The summed E-state index contributed by atoms with van der Waals surface area (Å²) in [5.74, 6) is 0. The Balaban J connectivity index is 0.000000720. The number of fused-ring (bicyclic) bond motifs is 1. The fourth-order valence-electron chi connectivity index (χ4n) is 1.13. The number of rotatable bonds is 0. The summed E-state index contributed by atoms with van der Waals surface area (Å²) in [7, 11) is 0. The second kappa shape index (κ2) is 4.08. The van der Waals surface area contributed by atoms with Crippen LogP contribution in [0.3, 0.4) is 0 Å². The molecule has 0 fully saturated rings. The molecular weight excluding hydrogens is 178 g/mol. The summed E-state index contributed by atoms with van der Waals surface area (Å²) in [5, 5.41) is 1.73. The molecule has 2 nitrogen and oxygen atoms in total. The average Bonchev–Trinajstić information content (AvgIpc) is 2.06. The van der Waals surface area contributed by atoms with E-state index in [1.54, 1.807) is 6.20 Å². The van der Waals surface area contributed by atoms with E-state index in [0.717, 1.165) is 10.8 Å². The molecule has 0 atom stereocenters. The normalized spacial score (nSPS) is 9.33. The monoisotopic (exact) mass is 185 g/mol. The molecule has 0 amide bonds. The van der Waals surface area contributed by atoms with Gasteiger partial charge < -0.3 is 4.98 Å². The van der Waals surface area contributed by atoms with E-state index < -0.39 is 0 Å². The van der Waals surface area contributed by atoms with Crippen LogP contribution in [0.15, 0.2) is 41.3 Å². The van der Waals surface area contributed by atoms with Crippen LogP contribution in [0.2, 0.25) is 0 Å². The molecule has 1 aromatic carbocycles. The molecule has 0 aliphatic heterocycles. The van der Waals surface area contributed by atoms with E-state index in [-0.39, 0.29) is 43.3 Å². The van der Waals surface area contributed by atoms with Crippen molar-refractivity contribution in [2.75, 3.05) is 0 Å². The van der Waals surface area contributed by atoms with Crippen LogP contribution in [0, 0.1) is 37.7 Å². The Morgan fingerprint density at radius 1 is 1.08 bits per heavy atom. The summed E-state index contributed by atoms with van der Waals surface area (Å²) >= 11 is 0. The first-order valence-corrected chi connectivity index (χ1v) is 3.44. The number of benzene rings is 1. The first-order chi connectivity index (χ1) is 5.38. The smallest absolute Gasteiger partial charge is 0.255 e. The summed E-state index contributed by atoms with van der Waals surface area (Å²) in [5.41, 5.74) is -0.0249. The summed E-state index contributed by atoms with van der Waals surface area (Å²) in [4.78, 5) is 13.7. The van der Waals surface area contributed by atoms with Gasteiger partial charge in [-0.15, -0.1) is 0 Å². The second-order valence-corrected chi connectivity index (χ2v) is 2.39. The van der Waals surface area contributed by atoms with Crippen molar-refractivity contribution in [3.63, 3.8) is 0 Å². The zero-order valence-corrected chi connectivity index (χ0v) is 6.93. The Morgan fingerprint density at radius 3 is 2.58 bits per heavy atom. The summed E-state index contributed by atoms with van der Waals surface area (Å²) < 4.78 is 0. The van der Waals surface area contributed by atoms with Crippen LogP contribution < -0.4 is 5.56 Å². The van der Waals surface area contributed by atoms with E-state index in [2.05, 4.69) is 4.98 Å². The van der Waals surface area contributed by atoms with Crippen LogP contribution in [0.5, 0.6) is 0 Å². The molecule has 0 spiro atoms. The van der Waals surface area contributed by atoms with Crippen molar-refractivity contribution < 1.29 is 37.7 Å². The maximum atomic E-state index is 11.1. The van der Waals surface area contributed by atoms with Crippen molar-refractivity contribution in [3.05, 3.63) is 46.9 Å². The van der Waals surface area contributed by atoms with Gasteiger partial charge in [0.1, 0.15) is 0 Å². The number of aromatic amines is 1. The molecule has 1 N–H and O–H groups in total. The molecule has 62 valence electrons. The standard InChI is InChI=1S/C9H7NO.Ar/c11-9-8-4-2-1-3-7(8)5-6-10-9;/h1-6H,(H,10,11);. The Bertz CT molecular complexity index is 430. The van der Waals surface area contributed by atoms with Crippen LogP contribution in [-0.2, 0) is 0 Å². The first kappa shape index (κ1) is 9.78. The second-order valence-electron chi connectivity index (χ2n) is 2.39. The molecule has 1 heterocycles. The minimum absolute atomic E-state index is 0. The molecule has 12 heavy (non-hydrogen) atoms. The SMILES string of the molecule is O=c1[nH]ccc2ccccc12.[Ar]. The predicted octanol–water partition coefficient (Wildman–Crippen LogP) is 1.53. The molecule has 0 unspecified atom stereocenters. The van der Waals surface area contributed by atoms with Crippen LogP contribution >= 0.6 is 0 Å². The number of H-pyrrole nitrogens is 1. The summed E-state index contributed by atoms with van der Waals surface area (Å²) in [6.45, 7) is 0. The van der Waals surface area contributed by atoms with Crippen LogP contribution in [0.1, 0.15) is 0 Å². The van der Waals surface area contributed by atoms with Gasteiger partial charge in [-0.3, -0.25) is 4.79 Å². The molecule has 0 aliphatic carbocycles. The van der Waals surface area contributed by atoms with Crippen molar-refractivity contribution in [2.24, 2.45) is 0 Å². The van der Waals surface area contributed by atoms with Crippen molar-refractivity contribution in [1.29, 1.82) is 0 Å². The molecule has 3 heteroatoms. The van der Waals surface area contributed by atoms with Gasteiger partial charge >= 0.3 is 0 Å². The largest absolute Gasteiger partial charge is 0.329 e. The van der Waals surface area contributed by atoms with Crippen molar-refractivity contribution >= 4 is 10.8 Å². The van der Waals surface area contributed by atoms with Gasteiger partial charge in [0.15, 0.2) is 0 Å². The zero-order chi connectivity index (χ0) is 7.68. The molecule has 1 aromatic heterocycles. The molecule has 0 saturated carbocycles. The number of nitrogens with one attached hydrogen (secondary N) is 1. The fraction of sp³-hybridized carbons (Fsp3) is 0. The van der Waals surface area contributed by atoms with E-state index >= 15 is 0 Å². The van der Waals surface area contributed by atoms with Gasteiger partial charge in [0.2, 0.25) is 0 Å². The number of hydrogen-bond acceptors (Lipinski definition) is 1. The summed E-state index contributed by atoms with van der Waals surface area (Å²) in [6, 6.07) is 9.40. The van der Waals surface area contributed by atoms with Gasteiger partial charge in [0.25, 0.3) is 5.56 Å². The third kappa shape index (κ3) is 1.71. The number of aromatic nitrogens is 1. The van der Waals surface area contributed by atoms with Crippen LogP contribution in [0.25, 0.3) is 10.8 Å². The van der Waals surface area contributed by atoms with Gasteiger partial charge in [-0.2, -0.15) is 0 Å². The topological polar surface area (TPSA) is 32.9 Å². The Morgan fingerprint density at radius 2 is 1.83 bits per heavy atom. The quantitative estimate of drug-likeness (QED) is 0.663.